The zero-order valence-corrected chi connectivity index (χ0v) is 14.5. The van der Waals surface area contributed by atoms with E-state index in [9.17, 15) is 0 Å². The molecule has 1 unspecified atom stereocenters. The van der Waals surface area contributed by atoms with E-state index in [2.05, 4.69) is 16.3 Å². The Morgan fingerprint density at radius 2 is 2.12 bits per heavy atom. The number of nitrogens with one attached hydrogen (secondary N) is 1. The molecule has 0 bridgehead atoms. The van der Waals surface area contributed by atoms with Crippen LogP contribution in [0.4, 0.5) is 0 Å². The van der Waals surface area contributed by atoms with Crippen molar-refractivity contribution in [3.63, 3.8) is 0 Å². The summed E-state index contributed by atoms with van der Waals surface area (Å²) in [4.78, 5) is 2.49. The summed E-state index contributed by atoms with van der Waals surface area (Å²) >= 11 is 0. The van der Waals surface area contributed by atoms with Gasteiger partial charge in [-0.3, -0.25) is 4.90 Å². The molecule has 1 atom stereocenters. The molecule has 25 heavy (non-hydrogen) atoms. The van der Waals surface area contributed by atoms with Gasteiger partial charge in [0.2, 0.25) is 12.5 Å². The Labute approximate surface area is 147 Å². The molecule has 6 heteroatoms. The molecule has 1 aromatic carbocycles. The number of benzene rings is 1. The molecule has 0 saturated carbocycles. The SMILES string of the molecule is COc1cc(CNCC(c2ccco2)N2CCCC2)cc2c1OCO2. The van der Waals surface area contributed by atoms with Crippen molar-refractivity contribution in [1.82, 2.24) is 10.2 Å². The number of fused-ring (bicyclic) bond motifs is 1. The molecule has 1 fully saturated rings. The first kappa shape index (κ1) is 16.3. The number of methoxy groups -OCH3 is 1. The van der Waals surface area contributed by atoms with Crippen molar-refractivity contribution in [3.05, 3.63) is 41.9 Å². The Kier molecular flexibility index (Phi) is 4.81. The molecule has 1 aromatic heterocycles. The van der Waals surface area contributed by atoms with E-state index in [0.29, 0.717) is 11.5 Å². The molecule has 0 amide bonds. The topological polar surface area (TPSA) is 56.1 Å². The summed E-state index contributed by atoms with van der Waals surface area (Å²) in [6, 6.07) is 8.30. The predicted molar refractivity (Wildman–Crippen MR) is 93.1 cm³/mol. The average Bonchev–Trinajstić information content (AvgIpc) is 3.40. The maximum atomic E-state index is 5.67. The van der Waals surface area contributed by atoms with Gasteiger partial charge in [-0.2, -0.15) is 0 Å². The van der Waals surface area contributed by atoms with Crippen molar-refractivity contribution in [1.29, 1.82) is 0 Å². The van der Waals surface area contributed by atoms with Crippen LogP contribution in [0.1, 0.15) is 30.2 Å². The zero-order chi connectivity index (χ0) is 17.1. The van der Waals surface area contributed by atoms with Crippen molar-refractivity contribution < 1.29 is 18.6 Å². The first-order valence-corrected chi connectivity index (χ1v) is 8.80. The molecule has 2 aliphatic heterocycles. The summed E-state index contributed by atoms with van der Waals surface area (Å²) in [5, 5.41) is 3.56. The van der Waals surface area contributed by atoms with Crippen LogP contribution in [0.5, 0.6) is 17.2 Å². The van der Waals surface area contributed by atoms with E-state index in [-0.39, 0.29) is 12.8 Å². The summed E-state index contributed by atoms with van der Waals surface area (Å²) in [7, 11) is 1.65. The zero-order valence-electron chi connectivity index (χ0n) is 14.5. The summed E-state index contributed by atoms with van der Waals surface area (Å²) in [6.45, 7) is 4.08. The number of ether oxygens (including phenoxy) is 3. The van der Waals surface area contributed by atoms with Gasteiger partial charge in [-0.15, -0.1) is 0 Å². The van der Waals surface area contributed by atoms with Crippen LogP contribution in [-0.4, -0.2) is 38.4 Å². The van der Waals surface area contributed by atoms with Crippen molar-refractivity contribution in [2.24, 2.45) is 0 Å². The van der Waals surface area contributed by atoms with Gasteiger partial charge in [0, 0.05) is 13.1 Å². The monoisotopic (exact) mass is 344 g/mol. The van der Waals surface area contributed by atoms with E-state index in [1.807, 2.05) is 18.2 Å². The molecule has 2 aromatic rings. The number of nitrogens with zero attached hydrogens (tertiary/aromatic N) is 1. The second-order valence-corrected chi connectivity index (χ2v) is 6.44. The number of rotatable bonds is 7. The van der Waals surface area contributed by atoms with E-state index in [4.69, 9.17) is 18.6 Å². The Balaban J connectivity index is 1.42. The summed E-state index contributed by atoms with van der Waals surface area (Å²) in [6.07, 6.45) is 4.27. The molecule has 4 rings (SSSR count). The molecule has 0 spiro atoms. The van der Waals surface area contributed by atoms with Crippen molar-refractivity contribution >= 4 is 0 Å². The normalized spacial score (nSPS) is 17.8. The van der Waals surface area contributed by atoms with Gasteiger partial charge in [-0.05, 0) is 55.8 Å². The molecule has 1 N–H and O–H groups in total. The van der Waals surface area contributed by atoms with Crippen LogP contribution in [-0.2, 0) is 6.54 Å². The van der Waals surface area contributed by atoms with Gasteiger partial charge in [0.15, 0.2) is 11.5 Å². The molecule has 0 radical (unpaired) electrons. The smallest absolute Gasteiger partial charge is 0.231 e. The van der Waals surface area contributed by atoms with Crippen LogP contribution in [0, 0.1) is 0 Å². The van der Waals surface area contributed by atoms with E-state index in [1.165, 1.54) is 12.8 Å². The highest BCUT2D eigenvalue weighted by Gasteiger charge is 2.25. The van der Waals surface area contributed by atoms with Gasteiger partial charge in [-0.25, -0.2) is 0 Å². The first-order valence-electron chi connectivity index (χ1n) is 8.80. The summed E-state index contributed by atoms with van der Waals surface area (Å²) in [5.74, 6) is 3.18. The fourth-order valence-corrected chi connectivity index (χ4v) is 3.58. The van der Waals surface area contributed by atoms with Gasteiger partial charge in [-0.1, -0.05) is 0 Å². The van der Waals surface area contributed by atoms with Gasteiger partial charge in [0.25, 0.3) is 0 Å². The molecule has 3 heterocycles. The van der Waals surface area contributed by atoms with Crippen LogP contribution in [0.2, 0.25) is 0 Å². The number of furan rings is 1. The van der Waals surface area contributed by atoms with Crippen molar-refractivity contribution in [2.75, 3.05) is 33.5 Å². The molecule has 1 saturated heterocycles. The van der Waals surface area contributed by atoms with Crippen LogP contribution >= 0.6 is 0 Å². The molecule has 134 valence electrons. The van der Waals surface area contributed by atoms with Crippen LogP contribution < -0.4 is 19.5 Å². The third kappa shape index (κ3) is 3.45. The molecule has 6 nitrogen and oxygen atoms in total. The third-order valence-corrected chi connectivity index (χ3v) is 4.84. The standard InChI is InChI=1S/C19H24N2O4/c1-22-17-9-14(10-18-19(17)25-13-24-18)11-20-12-15(16-5-4-8-23-16)21-6-2-3-7-21/h4-5,8-10,15,20H,2-3,6-7,11-13H2,1H3. The Morgan fingerprint density at radius 1 is 1.24 bits per heavy atom. The largest absolute Gasteiger partial charge is 0.493 e. The van der Waals surface area contributed by atoms with Crippen molar-refractivity contribution in [3.8, 4) is 17.2 Å². The minimum atomic E-state index is 0.248. The summed E-state index contributed by atoms with van der Waals surface area (Å²) in [5.41, 5.74) is 1.11. The Hall–Kier alpha value is -2.18. The highest BCUT2D eigenvalue weighted by molar-refractivity contribution is 5.55. The highest BCUT2D eigenvalue weighted by atomic mass is 16.7. The van der Waals surface area contributed by atoms with Crippen LogP contribution in [0.15, 0.2) is 34.9 Å². The summed E-state index contributed by atoms with van der Waals surface area (Å²) < 4.78 is 22.0. The lowest BCUT2D eigenvalue weighted by Gasteiger charge is -2.26. The highest BCUT2D eigenvalue weighted by Crippen LogP contribution is 2.41. The lowest BCUT2D eigenvalue weighted by atomic mass is 10.1. The lowest BCUT2D eigenvalue weighted by Crippen LogP contribution is -2.33. The van der Waals surface area contributed by atoms with E-state index < -0.39 is 0 Å². The predicted octanol–water partition coefficient (Wildman–Crippen LogP) is 2.94. The maximum Gasteiger partial charge on any atom is 0.231 e. The van der Waals surface area contributed by atoms with E-state index >= 15 is 0 Å². The fraction of sp³-hybridized carbons (Fsp3) is 0.474. The second-order valence-electron chi connectivity index (χ2n) is 6.44. The van der Waals surface area contributed by atoms with Gasteiger partial charge < -0.3 is 23.9 Å². The Morgan fingerprint density at radius 3 is 2.88 bits per heavy atom. The van der Waals surface area contributed by atoms with Crippen LogP contribution in [0.3, 0.4) is 0 Å². The second kappa shape index (κ2) is 7.37. The first-order chi connectivity index (χ1) is 12.3. The molecular formula is C19H24N2O4. The fourth-order valence-electron chi connectivity index (χ4n) is 3.58. The number of likely N-dealkylation sites (tertiary alicyclic amines) is 1. The maximum absolute atomic E-state index is 5.67. The molecular weight excluding hydrogens is 320 g/mol. The molecule has 2 aliphatic rings. The van der Waals surface area contributed by atoms with Gasteiger partial charge >= 0.3 is 0 Å². The average molecular weight is 344 g/mol. The van der Waals surface area contributed by atoms with Gasteiger partial charge in [0.1, 0.15) is 5.76 Å². The minimum Gasteiger partial charge on any atom is -0.493 e. The quantitative estimate of drug-likeness (QED) is 0.833. The lowest BCUT2D eigenvalue weighted by molar-refractivity contribution is 0.171. The minimum absolute atomic E-state index is 0.248. The molecule has 0 aliphatic carbocycles. The van der Waals surface area contributed by atoms with Crippen LogP contribution in [0.25, 0.3) is 0 Å². The number of hydrogen-bond acceptors (Lipinski definition) is 6. The van der Waals surface area contributed by atoms with Crippen molar-refractivity contribution in [2.45, 2.75) is 25.4 Å². The van der Waals surface area contributed by atoms with E-state index in [1.54, 1.807) is 13.4 Å². The van der Waals surface area contributed by atoms with E-state index in [0.717, 1.165) is 43.3 Å². The van der Waals surface area contributed by atoms with Gasteiger partial charge in [0.05, 0.1) is 19.4 Å². The Bertz CT molecular complexity index is 696. The number of hydrogen-bond donors (Lipinski definition) is 1. The third-order valence-electron chi connectivity index (χ3n) is 4.84.